The van der Waals surface area contributed by atoms with Crippen LogP contribution in [-0.2, 0) is 0 Å². The number of hydrogen-bond donors (Lipinski definition) is 0. The zero-order chi connectivity index (χ0) is 30.1. The van der Waals surface area contributed by atoms with E-state index in [1.807, 2.05) is 12.1 Å². The Balaban J connectivity index is 1.22. The highest BCUT2D eigenvalue weighted by Crippen LogP contribution is 2.76. The summed E-state index contributed by atoms with van der Waals surface area (Å²) in [5.74, 6) is 5.69. The first-order valence-electron chi connectivity index (χ1n) is 18.5. The smallest absolute Gasteiger partial charge is 0.344 e. The lowest BCUT2D eigenvalue weighted by Gasteiger charge is -2.48. The van der Waals surface area contributed by atoms with Crippen molar-refractivity contribution < 1.29 is 4.42 Å². The van der Waals surface area contributed by atoms with Gasteiger partial charge in [0.25, 0.3) is 0 Å². The van der Waals surface area contributed by atoms with Crippen LogP contribution in [0.15, 0.2) is 51.9 Å². The molecule has 15 rings (SSSR count). The number of aromatic nitrogens is 3. The van der Waals surface area contributed by atoms with E-state index in [2.05, 4.69) is 35.0 Å². The van der Waals surface area contributed by atoms with E-state index < -0.39 is 0 Å². The van der Waals surface area contributed by atoms with Gasteiger partial charge in [-0.05, 0) is 128 Å². The average molecular weight is 614 g/mol. The monoisotopic (exact) mass is 613 g/mol. The highest BCUT2D eigenvalue weighted by molar-refractivity contribution is 6.34. The van der Waals surface area contributed by atoms with Crippen LogP contribution in [0.25, 0.3) is 59.8 Å². The average Bonchev–Trinajstić information content (AvgIpc) is 3.72. The summed E-state index contributed by atoms with van der Waals surface area (Å²) in [6, 6.07) is 10.6. The summed E-state index contributed by atoms with van der Waals surface area (Å²) in [5, 5.41) is 7.98. The van der Waals surface area contributed by atoms with Crippen LogP contribution in [0.4, 0.5) is 0 Å². The zero-order valence-corrected chi connectivity index (χ0v) is 26.4. The fourth-order valence-corrected chi connectivity index (χ4v) is 14.4. The van der Waals surface area contributed by atoms with Crippen LogP contribution in [0.5, 0.6) is 0 Å². The van der Waals surface area contributed by atoms with Crippen molar-refractivity contribution in [2.75, 3.05) is 0 Å². The lowest BCUT2D eigenvalue weighted by molar-refractivity contribution is 0.00321. The van der Waals surface area contributed by atoms with Crippen LogP contribution in [0.3, 0.4) is 0 Å². The summed E-state index contributed by atoms with van der Waals surface area (Å²) in [6.07, 6.45) is 17.7. The molecular weight excluding hydrogens is 578 g/mol. The third kappa shape index (κ3) is 2.53. The molecular formula is C42H35N3O2. The van der Waals surface area contributed by atoms with Crippen LogP contribution in [0, 0.1) is 29.1 Å². The Kier molecular flexibility index (Phi) is 3.86. The summed E-state index contributed by atoms with van der Waals surface area (Å²) in [4.78, 5) is 25.1. The van der Waals surface area contributed by atoms with Crippen molar-refractivity contribution in [3.8, 4) is 0 Å². The maximum atomic E-state index is 14.3. The molecule has 5 nitrogen and oxygen atoms in total. The van der Waals surface area contributed by atoms with E-state index >= 15 is 0 Å². The maximum absolute atomic E-state index is 14.3. The van der Waals surface area contributed by atoms with Gasteiger partial charge in [-0.3, -0.25) is 9.97 Å². The molecule has 7 bridgehead atoms. The highest BCUT2D eigenvalue weighted by atomic mass is 16.4. The molecule has 0 saturated heterocycles. The van der Waals surface area contributed by atoms with Crippen LogP contribution in [0.2, 0.25) is 0 Å². The number of nitrogens with zero attached hydrogens (tertiary/aromatic N) is 3. The maximum Gasteiger partial charge on any atom is 0.344 e. The van der Waals surface area contributed by atoms with Crippen LogP contribution in [0.1, 0.15) is 110 Å². The third-order valence-corrected chi connectivity index (χ3v) is 15.7. The summed E-state index contributed by atoms with van der Waals surface area (Å²) in [5.41, 5.74) is 10.4. The normalized spacial score (nSPS) is 35.8. The van der Waals surface area contributed by atoms with Gasteiger partial charge in [0, 0.05) is 55.5 Å². The first-order valence-corrected chi connectivity index (χ1v) is 18.5. The third-order valence-electron chi connectivity index (χ3n) is 15.7. The molecule has 5 saturated carbocycles. The molecule has 47 heavy (non-hydrogen) atoms. The Bertz CT molecular complexity index is 2690. The van der Waals surface area contributed by atoms with E-state index in [9.17, 15) is 4.79 Å². The number of rotatable bonds is 0. The molecule has 7 aromatic rings. The molecule has 0 N–H and O–H groups in total. The van der Waals surface area contributed by atoms with Gasteiger partial charge in [-0.2, -0.15) is 0 Å². The molecule has 230 valence electrons. The molecule has 8 aliphatic rings. The summed E-state index contributed by atoms with van der Waals surface area (Å²) in [6.45, 7) is 0. The summed E-state index contributed by atoms with van der Waals surface area (Å²) in [7, 11) is 0. The molecule has 1 spiro atoms. The van der Waals surface area contributed by atoms with E-state index in [1.165, 1.54) is 114 Å². The molecule has 7 unspecified atom stereocenters. The Morgan fingerprint density at radius 1 is 0.660 bits per heavy atom. The van der Waals surface area contributed by atoms with Gasteiger partial charge in [0.1, 0.15) is 5.58 Å². The van der Waals surface area contributed by atoms with Crippen molar-refractivity contribution in [3.63, 3.8) is 0 Å². The van der Waals surface area contributed by atoms with Crippen LogP contribution >= 0.6 is 0 Å². The molecule has 0 amide bonds. The Hall–Kier alpha value is -3.99. The number of para-hydroxylation sites is 1. The fourth-order valence-electron chi connectivity index (χ4n) is 14.4. The molecule has 5 heteroatoms. The number of fused-ring (bicyclic) bond motifs is 16. The molecule has 5 aromatic heterocycles. The van der Waals surface area contributed by atoms with Gasteiger partial charge in [-0.25, -0.2) is 4.79 Å². The van der Waals surface area contributed by atoms with Crippen molar-refractivity contribution in [3.05, 3.63) is 75.7 Å². The Labute approximate surface area is 270 Å². The minimum Gasteiger partial charge on any atom is -0.422 e. The quantitative estimate of drug-likeness (QED) is 0.126. The Morgan fingerprint density at radius 2 is 1.36 bits per heavy atom. The molecule has 5 fully saturated rings. The van der Waals surface area contributed by atoms with E-state index in [1.54, 1.807) is 5.56 Å². The lowest BCUT2D eigenvalue weighted by atomic mass is 9.56. The van der Waals surface area contributed by atoms with Gasteiger partial charge >= 0.3 is 5.63 Å². The SMILES string of the molecule is O=c1oc2ccccc2c2cc3c4c5c(ncc4n4c6cnc7c(c6c(c12)c34)C1CC2CC(CC7C2)C1)C1CC2CC3CC5CC23C1. The molecule has 2 aromatic carbocycles. The van der Waals surface area contributed by atoms with Crippen LogP contribution < -0.4 is 5.63 Å². The minimum absolute atomic E-state index is 0.211. The molecule has 0 aliphatic heterocycles. The van der Waals surface area contributed by atoms with Gasteiger partial charge in [-0.1, -0.05) is 18.2 Å². The molecule has 8 aliphatic carbocycles. The van der Waals surface area contributed by atoms with E-state index in [0.717, 1.165) is 45.2 Å². The standard InChI is InChI=1S/C42H35N3O2/c46-41-35-27(26-3-1-2-4-31(26)47-41)13-28-34-29(16-44-39-23-11-25-12-24-10-22(33(34)39)14-42(24,25)15-23)45-30-17-43-38-21-8-18-5-19(9-21)7-20(6-18)32(38)36(30)37(35)40(28)45/h1-4,13,16-25H,5-12,14-15H2. The second-order valence-electron chi connectivity index (χ2n) is 17.4. The van der Waals surface area contributed by atoms with Crippen molar-refractivity contribution in [1.82, 2.24) is 14.4 Å². The first-order chi connectivity index (χ1) is 23.1. The highest BCUT2D eigenvalue weighted by Gasteiger charge is 2.66. The summed E-state index contributed by atoms with van der Waals surface area (Å²) < 4.78 is 8.65. The number of pyridine rings is 2. The second kappa shape index (κ2) is 7.51. The van der Waals surface area contributed by atoms with Gasteiger partial charge in [0.15, 0.2) is 0 Å². The summed E-state index contributed by atoms with van der Waals surface area (Å²) >= 11 is 0. The van der Waals surface area contributed by atoms with Crippen LogP contribution in [-0.4, -0.2) is 14.4 Å². The first kappa shape index (κ1) is 24.2. The van der Waals surface area contributed by atoms with Crippen molar-refractivity contribution in [1.29, 1.82) is 0 Å². The van der Waals surface area contributed by atoms with E-state index in [-0.39, 0.29) is 5.63 Å². The van der Waals surface area contributed by atoms with Crippen molar-refractivity contribution >= 4 is 59.8 Å². The second-order valence-corrected chi connectivity index (χ2v) is 17.4. The van der Waals surface area contributed by atoms with Crippen molar-refractivity contribution in [2.45, 2.75) is 87.9 Å². The zero-order valence-electron chi connectivity index (χ0n) is 26.4. The van der Waals surface area contributed by atoms with Gasteiger partial charge in [-0.15, -0.1) is 0 Å². The van der Waals surface area contributed by atoms with Gasteiger partial charge in [0.2, 0.25) is 0 Å². The van der Waals surface area contributed by atoms with E-state index in [4.69, 9.17) is 14.4 Å². The lowest BCUT2D eigenvalue weighted by Crippen LogP contribution is -2.41. The predicted octanol–water partition coefficient (Wildman–Crippen LogP) is 9.67. The van der Waals surface area contributed by atoms with E-state index in [0.29, 0.717) is 34.7 Å². The van der Waals surface area contributed by atoms with Gasteiger partial charge in [0.05, 0.1) is 34.3 Å². The van der Waals surface area contributed by atoms with Crippen molar-refractivity contribution in [2.24, 2.45) is 29.1 Å². The largest absolute Gasteiger partial charge is 0.422 e. The fraction of sp³-hybridized carbons (Fsp3) is 0.452. The minimum atomic E-state index is -0.211. The van der Waals surface area contributed by atoms with Gasteiger partial charge < -0.3 is 8.82 Å². The molecule has 0 radical (unpaired) electrons. The molecule has 7 atom stereocenters. The predicted molar refractivity (Wildman–Crippen MR) is 184 cm³/mol. The number of benzene rings is 2. The topological polar surface area (TPSA) is 60.4 Å². The Morgan fingerprint density at radius 3 is 2.21 bits per heavy atom. The molecule has 5 heterocycles. The number of hydrogen-bond acceptors (Lipinski definition) is 4.